The molecule has 1 atom stereocenters. The summed E-state index contributed by atoms with van der Waals surface area (Å²) in [4.78, 5) is 19.0. The first kappa shape index (κ1) is 14.9. The lowest BCUT2D eigenvalue weighted by Gasteiger charge is -2.23. The number of hydrogen-bond donors (Lipinski definition) is 0. The number of nitrogens with zero attached hydrogens (tertiary/aromatic N) is 2. The van der Waals surface area contributed by atoms with E-state index in [9.17, 15) is 4.79 Å². The molecule has 3 nitrogen and oxygen atoms in total. The van der Waals surface area contributed by atoms with Gasteiger partial charge in [-0.1, -0.05) is 60.4 Å². The van der Waals surface area contributed by atoms with E-state index in [1.807, 2.05) is 55.5 Å². The third-order valence-electron chi connectivity index (χ3n) is 3.47. The van der Waals surface area contributed by atoms with Gasteiger partial charge >= 0.3 is 0 Å². The van der Waals surface area contributed by atoms with Crippen LogP contribution in [0.4, 0.5) is 0 Å². The van der Waals surface area contributed by atoms with E-state index in [4.69, 9.17) is 12.2 Å². The van der Waals surface area contributed by atoms with Crippen LogP contribution in [0.3, 0.4) is 0 Å². The van der Waals surface area contributed by atoms with Crippen molar-refractivity contribution in [1.29, 1.82) is 0 Å². The molecular weight excluding hydrogens is 312 g/mol. The van der Waals surface area contributed by atoms with Crippen molar-refractivity contribution in [2.75, 3.05) is 0 Å². The van der Waals surface area contributed by atoms with E-state index in [1.54, 1.807) is 17.3 Å². The number of amides is 1. The lowest BCUT2D eigenvalue weighted by molar-refractivity contribution is -0.123. The van der Waals surface area contributed by atoms with Crippen molar-refractivity contribution in [2.45, 2.75) is 13.0 Å². The molecule has 2 aromatic rings. The Bertz CT molecular complexity index is 729. The van der Waals surface area contributed by atoms with Gasteiger partial charge in [-0.15, -0.1) is 0 Å². The van der Waals surface area contributed by atoms with Crippen molar-refractivity contribution in [2.24, 2.45) is 0 Å². The molecule has 1 aromatic carbocycles. The molecule has 0 N–H and O–H groups in total. The van der Waals surface area contributed by atoms with Gasteiger partial charge in [0, 0.05) is 12.4 Å². The number of thiocarbonyl (C=S) groups is 1. The molecule has 5 heteroatoms. The fourth-order valence-corrected chi connectivity index (χ4v) is 3.73. The van der Waals surface area contributed by atoms with Crippen molar-refractivity contribution < 1.29 is 4.79 Å². The van der Waals surface area contributed by atoms with Crippen molar-refractivity contribution >= 4 is 40.3 Å². The van der Waals surface area contributed by atoms with Gasteiger partial charge in [0.25, 0.3) is 5.91 Å². The number of carbonyl (C=O) groups is 1. The Morgan fingerprint density at radius 3 is 2.68 bits per heavy atom. The Morgan fingerprint density at radius 2 is 2.00 bits per heavy atom. The smallest absolute Gasteiger partial charge is 0.266 e. The molecule has 3 rings (SSSR count). The lowest BCUT2D eigenvalue weighted by Crippen LogP contribution is -2.30. The Labute approximate surface area is 139 Å². The van der Waals surface area contributed by atoms with Crippen molar-refractivity contribution in [3.8, 4) is 0 Å². The van der Waals surface area contributed by atoms with Crippen LogP contribution in [-0.4, -0.2) is 20.1 Å². The molecule has 1 unspecified atom stereocenters. The van der Waals surface area contributed by atoms with Crippen LogP contribution in [0.25, 0.3) is 6.08 Å². The monoisotopic (exact) mass is 326 g/mol. The summed E-state index contributed by atoms with van der Waals surface area (Å²) in [6.07, 6.45) is 5.28. The number of thioether (sulfide) groups is 1. The molecule has 0 spiro atoms. The first-order valence-electron chi connectivity index (χ1n) is 6.89. The molecule has 1 aromatic heterocycles. The van der Waals surface area contributed by atoms with Crippen LogP contribution in [0.1, 0.15) is 24.1 Å². The summed E-state index contributed by atoms with van der Waals surface area (Å²) in [5, 5.41) is 0. The first-order valence-corrected chi connectivity index (χ1v) is 8.11. The molecule has 2 heterocycles. The molecule has 0 radical (unpaired) electrons. The van der Waals surface area contributed by atoms with Crippen LogP contribution in [0.5, 0.6) is 0 Å². The Morgan fingerprint density at radius 1 is 1.23 bits per heavy atom. The molecule has 1 aliphatic heterocycles. The molecule has 1 amide bonds. The topological polar surface area (TPSA) is 33.2 Å². The first-order chi connectivity index (χ1) is 10.7. The zero-order valence-electron chi connectivity index (χ0n) is 12.0. The van der Waals surface area contributed by atoms with E-state index in [-0.39, 0.29) is 11.9 Å². The number of pyridine rings is 1. The molecule has 0 saturated carbocycles. The quantitative estimate of drug-likeness (QED) is 0.629. The molecule has 0 aliphatic carbocycles. The van der Waals surface area contributed by atoms with Crippen LogP contribution in [0.2, 0.25) is 0 Å². The molecule has 110 valence electrons. The maximum absolute atomic E-state index is 12.7. The largest absolute Gasteiger partial charge is 0.286 e. The summed E-state index contributed by atoms with van der Waals surface area (Å²) in [5.74, 6) is -0.0461. The summed E-state index contributed by atoms with van der Waals surface area (Å²) in [5.41, 5.74) is 1.97. The highest BCUT2D eigenvalue weighted by atomic mass is 32.2. The number of aromatic nitrogens is 1. The zero-order chi connectivity index (χ0) is 15.5. The highest BCUT2D eigenvalue weighted by molar-refractivity contribution is 8.26. The van der Waals surface area contributed by atoms with Gasteiger partial charge in [0.05, 0.1) is 10.9 Å². The third-order valence-corrected chi connectivity index (χ3v) is 4.81. The summed E-state index contributed by atoms with van der Waals surface area (Å²) in [7, 11) is 0. The highest BCUT2D eigenvalue weighted by Crippen LogP contribution is 2.37. The second-order valence-electron chi connectivity index (χ2n) is 4.92. The maximum atomic E-state index is 12.7. The standard InChI is InChI=1S/C17H14N2OS2/c1-12(14-7-3-2-4-8-14)19-16(20)15(22-17(19)21)10-13-6-5-9-18-11-13/h2-12H,1H3. The molecule has 0 bridgehead atoms. The van der Waals surface area contributed by atoms with Gasteiger partial charge in [-0.3, -0.25) is 14.7 Å². The van der Waals surface area contributed by atoms with E-state index in [1.165, 1.54) is 11.8 Å². The fraction of sp³-hybridized carbons (Fsp3) is 0.118. The van der Waals surface area contributed by atoms with Crippen molar-refractivity contribution in [3.63, 3.8) is 0 Å². The molecule has 1 saturated heterocycles. The SMILES string of the molecule is CC(c1ccccc1)N1C(=O)C(=Cc2cccnc2)SC1=S. The van der Waals surface area contributed by atoms with Gasteiger partial charge < -0.3 is 0 Å². The Kier molecular flexibility index (Phi) is 4.36. The second kappa shape index (κ2) is 6.42. The summed E-state index contributed by atoms with van der Waals surface area (Å²) in [6, 6.07) is 13.6. The minimum atomic E-state index is -0.0755. The van der Waals surface area contributed by atoms with E-state index in [2.05, 4.69) is 4.98 Å². The van der Waals surface area contributed by atoms with Gasteiger partial charge in [-0.2, -0.15) is 0 Å². The van der Waals surface area contributed by atoms with Crippen LogP contribution in [-0.2, 0) is 4.79 Å². The minimum absolute atomic E-state index is 0.0461. The van der Waals surface area contributed by atoms with Crippen molar-refractivity contribution in [3.05, 3.63) is 70.9 Å². The van der Waals surface area contributed by atoms with Gasteiger partial charge in [0.15, 0.2) is 0 Å². The van der Waals surface area contributed by atoms with Crippen LogP contribution in [0.15, 0.2) is 59.8 Å². The van der Waals surface area contributed by atoms with Gasteiger partial charge in [-0.05, 0) is 30.2 Å². The van der Waals surface area contributed by atoms with E-state index in [0.29, 0.717) is 9.23 Å². The zero-order valence-corrected chi connectivity index (χ0v) is 13.6. The van der Waals surface area contributed by atoms with E-state index in [0.717, 1.165) is 11.1 Å². The fourth-order valence-electron chi connectivity index (χ4n) is 2.31. The normalized spacial score (nSPS) is 18.0. The minimum Gasteiger partial charge on any atom is -0.286 e. The van der Waals surface area contributed by atoms with E-state index < -0.39 is 0 Å². The average Bonchev–Trinajstić information content (AvgIpc) is 2.82. The maximum Gasteiger partial charge on any atom is 0.266 e. The number of benzene rings is 1. The van der Waals surface area contributed by atoms with Crippen LogP contribution < -0.4 is 0 Å². The van der Waals surface area contributed by atoms with Gasteiger partial charge in [0.1, 0.15) is 4.32 Å². The summed E-state index contributed by atoms with van der Waals surface area (Å²) < 4.78 is 0.594. The third kappa shape index (κ3) is 2.96. The highest BCUT2D eigenvalue weighted by Gasteiger charge is 2.35. The van der Waals surface area contributed by atoms with Crippen LogP contribution in [0, 0.1) is 0 Å². The van der Waals surface area contributed by atoms with Gasteiger partial charge in [0.2, 0.25) is 0 Å². The van der Waals surface area contributed by atoms with Crippen LogP contribution >= 0.6 is 24.0 Å². The Balaban J connectivity index is 1.88. The van der Waals surface area contributed by atoms with Gasteiger partial charge in [-0.25, -0.2) is 0 Å². The lowest BCUT2D eigenvalue weighted by atomic mass is 10.1. The average molecular weight is 326 g/mol. The number of hydrogen-bond acceptors (Lipinski definition) is 4. The summed E-state index contributed by atoms with van der Waals surface area (Å²) >= 11 is 6.74. The molecule has 1 fully saturated rings. The second-order valence-corrected chi connectivity index (χ2v) is 6.60. The number of rotatable bonds is 3. The predicted octanol–water partition coefficient (Wildman–Crippen LogP) is 4.04. The predicted molar refractivity (Wildman–Crippen MR) is 94.1 cm³/mol. The Hall–Kier alpha value is -1.98. The van der Waals surface area contributed by atoms with E-state index >= 15 is 0 Å². The molecule has 22 heavy (non-hydrogen) atoms. The van der Waals surface area contributed by atoms with Crippen molar-refractivity contribution in [1.82, 2.24) is 9.88 Å². The summed E-state index contributed by atoms with van der Waals surface area (Å²) in [6.45, 7) is 1.99. The molecule has 1 aliphatic rings. The molecular formula is C17H14N2OS2. The number of carbonyl (C=O) groups excluding carboxylic acids is 1.